The summed E-state index contributed by atoms with van der Waals surface area (Å²) in [6, 6.07) is 1.00. The number of rotatable bonds is 2. The Bertz CT molecular complexity index is 494. The van der Waals surface area contributed by atoms with Gasteiger partial charge in [0.05, 0.1) is 10.5 Å². The third-order valence-electron chi connectivity index (χ3n) is 1.47. The maximum absolute atomic E-state index is 12.6. The van der Waals surface area contributed by atoms with Gasteiger partial charge in [-0.25, -0.2) is 27.3 Å². The summed E-state index contributed by atoms with van der Waals surface area (Å²) in [5.41, 5.74) is -0.710. The van der Waals surface area contributed by atoms with Crippen molar-refractivity contribution in [2.45, 2.75) is 11.3 Å². The molecule has 0 bridgehead atoms. The molecule has 1 rings (SSSR count). The molecule has 1 aromatic rings. The molecule has 0 radical (unpaired) electrons. The molecule has 0 unspecified atom stereocenters. The van der Waals surface area contributed by atoms with Crippen molar-refractivity contribution in [1.29, 1.82) is 0 Å². The minimum atomic E-state index is -4.18. The second kappa shape index (κ2) is 4.55. The third-order valence-corrected chi connectivity index (χ3v) is 3.58. The first kappa shape index (κ1) is 13.2. The maximum atomic E-state index is 12.6. The van der Waals surface area contributed by atoms with Gasteiger partial charge in [0.1, 0.15) is 8.30 Å². The molecule has 0 spiro atoms. The number of nitrogens with two attached hydrogens (primary N) is 1. The number of pyridine rings is 1. The van der Waals surface area contributed by atoms with Gasteiger partial charge in [-0.3, -0.25) is 0 Å². The summed E-state index contributed by atoms with van der Waals surface area (Å²) < 4.78 is 47.3. The van der Waals surface area contributed by atoms with Crippen LogP contribution in [0, 0.1) is 3.70 Å². The Morgan fingerprint density at radius 3 is 2.47 bits per heavy atom. The molecule has 2 N–H and O–H groups in total. The SMILES string of the molecule is NS(=O)(=O)c1cc(I)nc(Br)c1C(F)F. The van der Waals surface area contributed by atoms with Crippen LogP contribution in [0.2, 0.25) is 0 Å². The lowest BCUT2D eigenvalue weighted by Gasteiger charge is -2.08. The highest BCUT2D eigenvalue weighted by molar-refractivity contribution is 14.1. The average Bonchev–Trinajstić information content (AvgIpc) is 1.99. The summed E-state index contributed by atoms with van der Waals surface area (Å²) in [7, 11) is -4.18. The highest BCUT2D eigenvalue weighted by Crippen LogP contribution is 2.32. The molecule has 0 amide bonds. The Morgan fingerprint density at radius 2 is 2.07 bits per heavy atom. The van der Waals surface area contributed by atoms with Crippen molar-refractivity contribution in [1.82, 2.24) is 4.98 Å². The third kappa shape index (κ3) is 3.04. The fourth-order valence-corrected chi connectivity index (χ4v) is 3.48. The van der Waals surface area contributed by atoms with Gasteiger partial charge in [-0.05, 0) is 44.6 Å². The molecule has 84 valence electrons. The lowest BCUT2D eigenvalue weighted by molar-refractivity contribution is 0.146. The molecule has 9 heteroatoms. The predicted molar refractivity (Wildman–Crippen MR) is 61.0 cm³/mol. The van der Waals surface area contributed by atoms with E-state index in [1.165, 1.54) is 0 Å². The van der Waals surface area contributed by atoms with E-state index in [9.17, 15) is 17.2 Å². The molecule has 4 nitrogen and oxygen atoms in total. The lowest BCUT2D eigenvalue weighted by Crippen LogP contribution is -2.16. The van der Waals surface area contributed by atoms with Crippen LogP contribution >= 0.6 is 38.5 Å². The van der Waals surface area contributed by atoms with E-state index in [1.807, 2.05) is 0 Å². The van der Waals surface area contributed by atoms with Crippen LogP contribution in [0.3, 0.4) is 0 Å². The van der Waals surface area contributed by atoms with Crippen LogP contribution in [0.25, 0.3) is 0 Å². The fraction of sp³-hybridized carbons (Fsp3) is 0.167. The van der Waals surface area contributed by atoms with E-state index < -0.39 is 26.9 Å². The zero-order chi connectivity index (χ0) is 11.8. The van der Waals surface area contributed by atoms with Gasteiger partial charge in [-0.1, -0.05) is 0 Å². The predicted octanol–water partition coefficient (Wildman–Crippen LogP) is 2.03. The van der Waals surface area contributed by atoms with E-state index in [4.69, 9.17) is 5.14 Å². The van der Waals surface area contributed by atoms with Crippen molar-refractivity contribution in [2.24, 2.45) is 5.14 Å². The molecular weight excluding hydrogens is 409 g/mol. The average molecular weight is 413 g/mol. The molecular formula is C6H4BrF2IN2O2S. The molecule has 0 aliphatic carbocycles. The number of primary sulfonamides is 1. The van der Waals surface area contributed by atoms with E-state index in [2.05, 4.69) is 20.9 Å². The highest BCUT2D eigenvalue weighted by Gasteiger charge is 2.25. The first-order valence-corrected chi connectivity index (χ1v) is 6.82. The van der Waals surface area contributed by atoms with Crippen molar-refractivity contribution in [3.8, 4) is 0 Å². The number of hydrogen-bond acceptors (Lipinski definition) is 3. The number of halogens is 4. The molecule has 0 aliphatic rings. The van der Waals surface area contributed by atoms with Gasteiger partial charge in [0.2, 0.25) is 10.0 Å². The van der Waals surface area contributed by atoms with Crippen LogP contribution < -0.4 is 5.14 Å². The summed E-state index contributed by atoms with van der Waals surface area (Å²) in [5, 5.41) is 4.82. The van der Waals surface area contributed by atoms with Gasteiger partial charge in [0, 0.05) is 0 Å². The normalized spacial score (nSPS) is 12.1. The van der Waals surface area contributed by atoms with Crippen LogP contribution in [-0.4, -0.2) is 13.4 Å². The first-order valence-electron chi connectivity index (χ1n) is 3.40. The van der Waals surface area contributed by atoms with Crippen molar-refractivity contribution in [3.05, 3.63) is 19.9 Å². The molecule has 0 saturated carbocycles. The van der Waals surface area contributed by atoms with E-state index >= 15 is 0 Å². The number of alkyl halides is 2. The minimum Gasteiger partial charge on any atom is -0.234 e. The van der Waals surface area contributed by atoms with Crippen LogP contribution in [0.4, 0.5) is 8.78 Å². The standard InChI is InChI=1S/C6H4BrF2IN2O2S/c7-5-4(6(8)9)2(15(11,13)14)1-3(10)12-5/h1,6H,(H2,11,13,14). The van der Waals surface area contributed by atoms with Crippen LogP contribution in [-0.2, 0) is 10.0 Å². The monoisotopic (exact) mass is 412 g/mol. The Morgan fingerprint density at radius 1 is 1.53 bits per heavy atom. The molecule has 0 aliphatic heterocycles. The number of nitrogens with zero attached hydrogens (tertiary/aromatic N) is 1. The zero-order valence-corrected chi connectivity index (χ0v) is 11.5. The highest BCUT2D eigenvalue weighted by atomic mass is 127. The first-order chi connectivity index (χ1) is 6.73. The van der Waals surface area contributed by atoms with E-state index in [1.54, 1.807) is 22.6 Å². The summed E-state index contributed by atoms with van der Waals surface area (Å²) in [4.78, 5) is 3.06. The van der Waals surface area contributed by atoms with Gasteiger partial charge in [0.15, 0.2) is 0 Å². The molecule has 0 saturated heterocycles. The van der Waals surface area contributed by atoms with Gasteiger partial charge < -0.3 is 0 Å². The quantitative estimate of drug-likeness (QED) is 0.596. The Balaban J connectivity index is 3.62. The Kier molecular flexibility index (Phi) is 4.01. The summed E-state index contributed by atoms with van der Waals surface area (Å²) in [6.07, 6.45) is -2.96. The lowest BCUT2D eigenvalue weighted by atomic mass is 10.3. The van der Waals surface area contributed by atoms with Crippen molar-refractivity contribution >= 4 is 48.5 Å². The van der Waals surface area contributed by atoms with Gasteiger partial charge >= 0.3 is 0 Å². The van der Waals surface area contributed by atoms with Gasteiger partial charge in [0.25, 0.3) is 6.43 Å². The Hall–Kier alpha value is 0.130. The topological polar surface area (TPSA) is 73.1 Å². The molecule has 1 heterocycles. The molecule has 0 aromatic carbocycles. The summed E-state index contributed by atoms with van der Waals surface area (Å²) in [6.45, 7) is 0. The van der Waals surface area contributed by atoms with Crippen molar-refractivity contribution in [3.63, 3.8) is 0 Å². The summed E-state index contributed by atoms with van der Waals surface area (Å²) >= 11 is 4.48. The van der Waals surface area contributed by atoms with E-state index in [0.29, 0.717) is 0 Å². The van der Waals surface area contributed by atoms with E-state index in [-0.39, 0.29) is 8.30 Å². The Labute approximate surface area is 107 Å². The van der Waals surface area contributed by atoms with Crippen LogP contribution in [0.5, 0.6) is 0 Å². The van der Waals surface area contributed by atoms with Crippen LogP contribution in [0.15, 0.2) is 15.6 Å². The summed E-state index contributed by atoms with van der Waals surface area (Å²) in [5.74, 6) is 0. The van der Waals surface area contributed by atoms with Crippen LogP contribution in [0.1, 0.15) is 12.0 Å². The van der Waals surface area contributed by atoms with E-state index in [0.717, 1.165) is 6.07 Å². The van der Waals surface area contributed by atoms with Crippen molar-refractivity contribution in [2.75, 3.05) is 0 Å². The van der Waals surface area contributed by atoms with Gasteiger partial charge in [-0.2, -0.15) is 0 Å². The number of hydrogen-bond donors (Lipinski definition) is 1. The smallest absolute Gasteiger partial charge is 0.234 e. The molecule has 0 fully saturated rings. The maximum Gasteiger partial charge on any atom is 0.267 e. The number of sulfonamides is 1. The fourth-order valence-electron chi connectivity index (χ4n) is 0.907. The number of aromatic nitrogens is 1. The molecule has 15 heavy (non-hydrogen) atoms. The van der Waals surface area contributed by atoms with Gasteiger partial charge in [-0.15, -0.1) is 0 Å². The second-order valence-corrected chi connectivity index (χ2v) is 5.88. The molecule has 1 aromatic heterocycles. The largest absolute Gasteiger partial charge is 0.267 e. The minimum absolute atomic E-state index is 0.214. The second-order valence-electron chi connectivity index (χ2n) is 2.49. The zero-order valence-electron chi connectivity index (χ0n) is 6.92. The van der Waals surface area contributed by atoms with Crippen molar-refractivity contribution < 1.29 is 17.2 Å². The molecule has 0 atom stereocenters.